The molecule has 0 bridgehead atoms. The first-order chi connectivity index (χ1) is 13.9. The molecule has 1 unspecified atom stereocenters. The highest BCUT2D eigenvalue weighted by atomic mass is 16.6. The summed E-state index contributed by atoms with van der Waals surface area (Å²) < 4.78 is 5.30. The molecule has 0 aromatic heterocycles. The third kappa shape index (κ3) is 11.6. The summed E-state index contributed by atoms with van der Waals surface area (Å²) in [7, 11) is 0. The number of carboxylic acid groups (broad SMARTS) is 2. The summed E-state index contributed by atoms with van der Waals surface area (Å²) in [6.45, 7) is 6.65. The van der Waals surface area contributed by atoms with Crippen LogP contribution in [0.5, 0.6) is 5.75 Å². The van der Waals surface area contributed by atoms with Gasteiger partial charge in [0.2, 0.25) is 5.91 Å². The normalized spacial score (nSPS) is 11.5. The Morgan fingerprint density at radius 1 is 1.13 bits per heavy atom. The van der Waals surface area contributed by atoms with Gasteiger partial charge in [0.15, 0.2) is 5.75 Å². The van der Waals surface area contributed by atoms with Gasteiger partial charge < -0.3 is 30.7 Å². The van der Waals surface area contributed by atoms with Crippen molar-refractivity contribution in [3.63, 3.8) is 0 Å². The van der Waals surface area contributed by atoms with Crippen molar-refractivity contribution < 1.29 is 39.4 Å². The predicted octanol–water partition coefficient (Wildman–Crippen LogP) is 0.242. The first-order valence-electron chi connectivity index (χ1n) is 8.85. The second-order valence-corrected chi connectivity index (χ2v) is 7.01. The Balaban J connectivity index is 0.00000122. The number of carbonyl (C=O) groups is 3. The second kappa shape index (κ2) is 13.1. The van der Waals surface area contributed by atoms with Crippen molar-refractivity contribution in [2.45, 2.75) is 26.9 Å². The van der Waals surface area contributed by atoms with Crippen molar-refractivity contribution in [3.8, 4) is 5.75 Å². The highest BCUT2D eigenvalue weighted by Crippen LogP contribution is 2.25. The minimum Gasteiger partial charge on any atom is -0.484 e. The van der Waals surface area contributed by atoms with E-state index in [-0.39, 0.29) is 30.5 Å². The van der Waals surface area contributed by atoms with Gasteiger partial charge in [0, 0.05) is 31.1 Å². The molecule has 12 nitrogen and oxygen atoms in total. The Labute approximate surface area is 173 Å². The van der Waals surface area contributed by atoms with E-state index >= 15 is 0 Å². The van der Waals surface area contributed by atoms with Crippen molar-refractivity contribution in [2.24, 2.45) is 5.41 Å². The van der Waals surface area contributed by atoms with Crippen LogP contribution in [0.3, 0.4) is 0 Å². The summed E-state index contributed by atoms with van der Waals surface area (Å²) in [6.07, 6.45) is -0.817. The fraction of sp³-hybridized carbons (Fsp3) is 0.500. The molecule has 0 heterocycles. The van der Waals surface area contributed by atoms with Gasteiger partial charge in [-0.15, -0.1) is 0 Å². The molecule has 0 aliphatic carbocycles. The Hall–Kier alpha value is -3.25. The number of aliphatic hydroxyl groups is 1. The third-order valence-corrected chi connectivity index (χ3v) is 3.32. The monoisotopic (exact) mass is 429 g/mol. The van der Waals surface area contributed by atoms with Crippen molar-refractivity contribution in [1.82, 2.24) is 10.6 Å². The van der Waals surface area contributed by atoms with Crippen LogP contribution in [0.15, 0.2) is 24.3 Å². The van der Waals surface area contributed by atoms with Gasteiger partial charge >= 0.3 is 17.6 Å². The molecule has 1 atom stereocenters. The van der Waals surface area contributed by atoms with Crippen LogP contribution in [-0.4, -0.2) is 70.4 Å². The summed E-state index contributed by atoms with van der Waals surface area (Å²) in [6, 6.07) is 6.01. The molecule has 168 valence electrons. The van der Waals surface area contributed by atoms with Crippen LogP contribution in [0, 0.1) is 15.5 Å². The molecule has 0 radical (unpaired) electrons. The molecule has 0 saturated carbocycles. The summed E-state index contributed by atoms with van der Waals surface area (Å²) in [5.41, 5.74) is -0.569. The van der Waals surface area contributed by atoms with E-state index < -0.39 is 28.4 Å². The quantitative estimate of drug-likeness (QED) is 0.157. The number of ether oxygens (including phenoxy) is 1. The molecule has 0 spiro atoms. The molecule has 1 amide bonds. The van der Waals surface area contributed by atoms with E-state index in [1.807, 2.05) is 20.8 Å². The highest BCUT2D eigenvalue weighted by Gasteiger charge is 2.20. The van der Waals surface area contributed by atoms with Gasteiger partial charge in [-0.1, -0.05) is 32.9 Å². The molecular formula is C18H27N3O9. The lowest BCUT2D eigenvalue weighted by atomic mass is 9.96. The van der Waals surface area contributed by atoms with E-state index in [0.717, 1.165) is 0 Å². The van der Waals surface area contributed by atoms with E-state index in [1.165, 1.54) is 12.1 Å². The zero-order valence-electron chi connectivity index (χ0n) is 17.0. The van der Waals surface area contributed by atoms with Gasteiger partial charge in [0.25, 0.3) is 0 Å². The van der Waals surface area contributed by atoms with Gasteiger partial charge in [0.05, 0.1) is 4.92 Å². The van der Waals surface area contributed by atoms with Crippen LogP contribution in [0.1, 0.15) is 20.8 Å². The van der Waals surface area contributed by atoms with Crippen LogP contribution in [0.4, 0.5) is 5.69 Å². The van der Waals surface area contributed by atoms with Crippen LogP contribution in [0.25, 0.3) is 0 Å². The highest BCUT2D eigenvalue weighted by molar-refractivity contribution is 6.27. The number of carboxylic acids is 2. The molecule has 1 aromatic carbocycles. The maximum Gasteiger partial charge on any atom is 0.414 e. The number of hydrogen-bond acceptors (Lipinski definition) is 8. The lowest BCUT2D eigenvalue weighted by molar-refractivity contribution is -0.385. The van der Waals surface area contributed by atoms with Crippen LogP contribution in [-0.2, 0) is 14.4 Å². The second-order valence-electron chi connectivity index (χ2n) is 7.01. The van der Waals surface area contributed by atoms with Gasteiger partial charge in [-0.2, -0.15) is 0 Å². The number of nitro benzene ring substituents is 1. The number of benzene rings is 1. The molecular weight excluding hydrogens is 402 g/mol. The summed E-state index contributed by atoms with van der Waals surface area (Å²) in [5.74, 6) is -3.56. The number of rotatable bonds is 9. The lowest BCUT2D eigenvalue weighted by Crippen LogP contribution is -2.40. The molecule has 0 saturated heterocycles. The number of para-hydroxylation sites is 2. The number of aliphatic carboxylic acids is 2. The molecule has 0 aliphatic heterocycles. The molecule has 1 rings (SSSR count). The first-order valence-corrected chi connectivity index (χ1v) is 8.85. The maximum atomic E-state index is 11.6. The molecule has 0 aliphatic rings. The topological polar surface area (TPSA) is 188 Å². The Morgan fingerprint density at radius 2 is 1.70 bits per heavy atom. The summed E-state index contributed by atoms with van der Waals surface area (Å²) >= 11 is 0. The average molecular weight is 429 g/mol. The zero-order valence-corrected chi connectivity index (χ0v) is 17.0. The molecule has 5 N–H and O–H groups in total. The Bertz CT molecular complexity index is 720. The molecule has 1 aromatic rings. The smallest absolute Gasteiger partial charge is 0.414 e. The summed E-state index contributed by atoms with van der Waals surface area (Å²) in [5, 5.41) is 41.2. The van der Waals surface area contributed by atoms with Crippen LogP contribution in [0.2, 0.25) is 0 Å². The fourth-order valence-electron chi connectivity index (χ4n) is 1.77. The predicted molar refractivity (Wildman–Crippen MR) is 105 cm³/mol. The van der Waals surface area contributed by atoms with Gasteiger partial charge in [0.1, 0.15) is 12.7 Å². The Morgan fingerprint density at radius 3 is 2.20 bits per heavy atom. The van der Waals surface area contributed by atoms with Gasteiger partial charge in [-0.05, 0) is 6.07 Å². The number of amides is 1. The third-order valence-electron chi connectivity index (χ3n) is 3.32. The number of nitrogens with one attached hydrogen (secondary N) is 2. The molecule has 12 heteroatoms. The average Bonchev–Trinajstić information content (AvgIpc) is 2.65. The van der Waals surface area contributed by atoms with Crippen molar-refractivity contribution in [1.29, 1.82) is 0 Å². The standard InChI is InChI=1S/C16H25N3O5.C2H2O4/c1-16(2,3)15(21)18-9-8-17-10-12(20)11-24-14-7-5-4-6-13(14)19(22)23;3-1(4)2(5)6/h4-7,12,17,20H,8-11H2,1-3H3,(H,18,21);(H,3,4)(H,5,6). The van der Waals surface area contributed by atoms with Gasteiger partial charge in [-0.25, -0.2) is 9.59 Å². The van der Waals surface area contributed by atoms with Gasteiger partial charge in [-0.3, -0.25) is 14.9 Å². The number of nitro groups is 1. The number of aliphatic hydroxyl groups excluding tert-OH is 1. The SMILES string of the molecule is CC(C)(C)C(=O)NCCNCC(O)COc1ccccc1[N+](=O)[O-].O=C(O)C(=O)O. The first kappa shape index (κ1) is 26.8. The molecule has 30 heavy (non-hydrogen) atoms. The minimum absolute atomic E-state index is 0.0374. The largest absolute Gasteiger partial charge is 0.484 e. The zero-order chi connectivity index (χ0) is 23.3. The van der Waals surface area contributed by atoms with Crippen molar-refractivity contribution >= 4 is 23.5 Å². The minimum atomic E-state index is -1.82. The van der Waals surface area contributed by atoms with Crippen LogP contribution >= 0.6 is 0 Å². The van der Waals surface area contributed by atoms with E-state index in [1.54, 1.807) is 12.1 Å². The number of carbonyl (C=O) groups excluding carboxylic acids is 1. The van der Waals surface area contributed by atoms with E-state index in [9.17, 15) is 20.0 Å². The number of nitrogens with zero attached hydrogens (tertiary/aromatic N) is 1. The molecule has 0 fully saturated rings. The number of hydrogen-bond donors (Lipinski definition) is 5. The van der Waals surface area contributed by atoms with Crippen LogP contribution < -0.4 is 15.4 Å². The van der Waals surface area contributed by atoms with E-state index in [4.69, 9.17) is 24.5 Å². The fourth-order valence-corrected chi connectivity index (χ4v) is 1.77. The van der Waals surface area contributed by atoms with Crippen molar-refractivity contribution in [2.75, 3.05) is 26.2 Å². The summed E-state index contributed by atoms with van der Waals surface area (Å²) in [4.78, 5) is 40.2. The Kier molecular flexibility index (Phi) is 11.6. The van der Waals surface area contributed by atoms with E-state index in [0.29, 0.717) is 13.1 Å². The van der Waals surface area contributed by atoms with E-state index in [2.05, 4.69) is 10.6 Å². The van der Waals surface area contributed by atoms with Crippen molar-refractivity contribution in [3.05, 3.63) is 34.4 Å². The maximum absolute atomic E-state index is 11.6. The lowest BCUT2D eigenvalue weighted by Gasteiger charge is -2.18.